The number of aromatic nitrogens is 1. The molecule has 4 aromatic carbocycles. The van der Waals surface area contributed by atoms with Crippen molar-refractivity contribution in [1.82, 2.24) is 9.88 Å². The molecule has 5 nitrogen and oxygen atoms in total. The number of nitrogens with one attached hydrogen (secondary N) is 1. The fourth-order valence-electron chi connectivity index (χ4n) is 8.19. The van der Waals surface area contributed by atoms with Crippen molar-refractivity contribution in [3.63, 3.8) is 0 Å². The maximum atomic E-state index is 16.4. The molecule has 8 heteroatoms. The zero-order chi connectivity index (χ0) is 36.0. The third kappa shape index (κ3) is 6.50. The van der Waals surface area contributed by atoms with Crippen molar-refractivity contribution in [3.8, 4) is 0 Å². The van der Waals surface area contributed by atoms with Crippen LogP contribution in [0.5, 0.6) is 0 Å². The van der Waals surface area contributed by atoms with E-state index >= 15 is 8.78 Å². The third-order valence-corrected chi connectivity index (χ3v) is 16.0. The molecule has 2 heterocycles. The second-order valence-corrected chi connectivity index (χ2v) is 19.7. The van der Waals surface area contributed by atoms with Crippen LogP contribution in [0.1, 0.15) is 69.0 Å². The molecule has 0 amide bonds. The first-order valence-electron chi connectivity index (χ1n) is 17.8. The summed E-state index contributed by atoms with van der Waals surface area (Å²) in [5, 5.41) is 3.38. The zero-order valence-electron chi connectivity index (χ0n) is 30.0. The van der Waals surface area contributed by atoms with Crippen molar-refractivity contribution in [1.29, 1.82) is 0 Å². The van der Waals surface area contributed by atoms with Crippen molar-refractivity contribution in [2.24, 2.45) is 5.41 Å². The first-order chi connectivity index (χ1) is 24.5. The highest BCUT2D eigenvalue weighted by Gasteiger charge is 2.54. The third-order valence-electron chi connectivity index (χ3n) is 11.0. The number of para-hydroxylation sites is 1. The number of carbonyl (C=O) groups is 1. The highest BCUT2D eigenvalue weighted by molar-refractivity contribution is 6.99. The Kier molecular flexibility index (Phi) is 9.37. The number of H-pyrrole nitrogens is 1. The van der Waals surface area contributed by atoms with E-state index in [4.69, 9.17) is 4.43 Å². The number of esters is 1. The fraction of sp³-hybridized carbons (Fsp3) is 0.326. The molecule has 0 radical (unpaired) electrons. The number of methoxy groups -OCH3 is 1. The van der Waals surface area contributed by atoms with Gasteiger partial charge in [-0.3, -0.25) is 4.90 Å². The fourth-order valence-corrected chi connectivity index (χ4v) is 12.9. The minimum Gasteiger partial charge on any atom is -0.466 e. The summed E-state index contributed by atoms with van der Waals surface area (Å²) < 4.78 is 44.9. The van der Waals surface area contributed by atoms with Crippen LogP contribution >= 0.6 is 0 Å². The van der Waals surface area contributed by atoms with Crippen LogP contribution in [-0.2, 0) is 20.4 Å². The van der Waals surface area contributed by atoms with Gasteiger partial charge in [0, 0.05) is 52.8 Å². The molecule has 1 aliphatic heterocycles. The Morgan fingerprint density at radius 2 is 1.53 bits per heavy atom. The number of fused-ring (bicyclic) bond motifs is 3. The predicted molar refractivity (Wildman–Crippen MR) is 203 cm³/mol. The number of aromatic amines is 1. The molecule has 1 fully saturated rings. The molecule has 0 saturated heterocycles. The van der Waals surface area contributed by atoms with Gasteiger partial charge in [-0.05, 0) is 77.0 Å². The number of carbonyl (C=O) groups excluding carboxylic acids is 1. The topological polar surface area (TPSA) is 54.6 Å². The molecule has 0 spiro atoms. The number of hydrogen-bond acceptors (Lipinski definition) is 4. The number of rotatable bonds is 10. The maximum absolute atomic E-state index is 16.4. The molecular weight excluding hydrogens is 659 g/mol. The molecule has 1 saturated carbocycles. The molecule has 1 aromatic heterocycles. The van der Waals surface area contributed by atoms with Gasteiger partial charge in [-0.15, -0.1) is 0 Å². The lowest BCUT2D eigenvalue weighted by atomic mass is 9.86. The minimum atomic E-state index is -2.79. The smallest absolute Gasteiger partial charge is 0.330 e. The maximum Gasteiger partial charge on any atom is 0.330 e. The summed E-state index contributed by atoms with van der Waals surface area (Å²) in [6, 6.07) is 31.3. The highest BCUT2D eigenvalue weighted by atomic mass is 28.4. The standard InChI is InChI=1S/C43H46F2N2O3Si/c1-29-24-34-33-18-12-13-19-37(33)46-40(34)41(39-35(44)25-30(26-36(39)45)20-21-38(48)49-5)47(29)27-43(22-23-43)28-50-51(42(2,3)4,31-14-8-6-9-15-31)32-16-10-7-11-17-32/h6-21,25-26,29,41,46H,22-24,27-28H2,1-5H3/b21-20+/t29-,41-/m1/s1. The monoisotopic (exact) mass is 704 g/mol. The molecule has 2 atom stereocenters. The van der Waals surface area contributed by atoms with Gasteiger partial charge in [-0.25, -0.2) is 13.6 Å². The van der Waals surface area contributed by atoms with E-state index in [2.05, 4.69) is 109 Å². The summed E-state index contributed by atoms with van der Waals surface area (Å²) >= 11 is 0. The lowest BCUT2D eigenvalue weighted by Crippen LogP contribution is -2.67. The van der Waals surface area contributed by atoms with Crippen LogP contribution in [-0.4, -0.2) is 50.5 Å². The zero-order valence-corrected chi connectivity index (χ0v) is 31.0. The van der Waals surface area contributed by atoms with E-state index in [9.17, 15) is 4.79 Å². The van der Waals surface area contributed by atoms with Crippen LogP contribution in [0.4, 0.5) is 8.78 Å². The molecule has 2 aliphatic rings. The van der Waals surface area contributed by atoms with Gasteiger partial charge < -0.3 is 14.1 Å². The van der Waals surface area contributed by atoms with Crippen molar-refractivity contribution >= 4 is 41.6 Å². The molecule has 5 aromatic rings. The Bertz CT molecular complexity index is 2010. The van der Waals surface area contributed by atoms with E-state index in [-0.39, 0.29) is 27.6 Å². The normalized spacial score (nSPS) is 19.0. The van der Waals surface area contributed by atoms with Crippen LogP contribution in [0.2, 0.25) is 5.04 Å². The first kappa shape index (κ1) is 35.0. The van der Waals surface area contributed by atoms with E-state index in [1.165, 1.54) is 41.8 Å². The first-order valence-corrected chi connectivity index (χ1v) is 19.7. The Balaban J connectivity index is 1.28. The summed E-state index contributed by atoms with van der Waals surface area (Å²) in [6.45, 7) is 10.2. The van der Waals surface area contributed by atoms with Crippen molar-refractivity contribution in [2.45, 2.75) is 64.1 Å². The quantitative estimate of drug-likeness (QED) is 0.0903. The molecular formula is C43H46F2N2O3Si. The number of ether oxygens (including phenoxy) is 1. The van der Waals surface area contributed by atoms with Gasteiger partial charge in [0.2, 0.25) is 0 Å². The predicted octanol–water partition coefficient (Wildman–Crippen LogP) is 8.33. The van der Waals surface area contributed by atoms with Gasteiger partial charge in [0.25, 0.3) is 8.32 Å². The van der Waals surface area contributed by atoms with Crippen molar-refractivity contribution in [3.05, 3.63) is 137 Å². The average Bonchev–Trinajstić information content (AvgIpc) is 3.79. The van der Waals surface area contributed by atoms with Crippen LogP contribution in [0.25, 0.3) is 17.0 Å². The summed E-state index contributed by atoms with van der Waals surface area (Å²) in [5.74, 6) is -1.90. The SMILES string of the molecule is COC(=O)/C=C/c1cc(F)c([C@@H]2c3[nH]c4ccccc4c3C[C@@H](C)N2CC2(CO[Si](c3ccccc3)(c3ccccc3)C(C)(C)C)CC2)c(F)c1. The van der Waals surface area contributed by atoms with E-state index in [0.717, 1.165) is 41.4 Å². The summed E-state index contributed by atoms with van der Waals surface area (Å²) in [7, 11) is -1.53. The lowest BCUT2D eigenvalue weighted by Gasteiger charge is -2.46. The number of hydrogen-bond donors (Lipinski definition) is 1. The Morgan fingerprint density at radius 1 is 0.941 bits per heavy atom. The molecule has 1 aliphatic carbocycles. The molecule has 264 valence electrons. The Morgan fingerprint density at radius 3 is 2.10 bits per heavy atom. The largest absolute Gasteiger partial charge is 0.466 e. The van der Waals surface area contributed by atoms with Crippen LogP contribution in [0, 0.1) is 17.0 Å². The van der Waals surface area contributed by atoms with E-state index in [0.29, 0.717) is 13.2 Å². The van der Waals surface area contributed by atoms with Gasteiger partial charge >= 0.3 is 5.97 Å². The van der Waals surface area contributed by atoms with E-state index in [1.54, 1.807) is 0 Å². The molecule has 0 bridgehead atoms. The summed E-state index contributed by atoms with van der Waals surface area (Å²) in [5.41, 5.74) is 2.97. The second kappa shape index (κ2) is 13.6. The molecule has 1 N–H and O–H groups in total. The molecule has 7 rings (SSSR count). The minimum absolute atomic E-state index is 0.00439. The molecule has 0 unspecified atom stereocenters. The summed E-state index contributed by atoms with van der Waals surface area (Å²) in [6.07, 6.45) is 5.25. The number of halogens is 2. The number of nitrogens with zero attached hydrogens (tertiary/aromatic N) is 1. The van der Waals surface area contributed by atoms with E-state index in [1.807, 2.05) is 18.2 Å². The Labute approximate surface area is 300 Å². The van der Waals surface area contributed by atoms with Gasteiger partial charge in [-0.1, -0.05) is 99.6 Å². The van der Waals surface area contributed by atoms with Crippen molar-refractivity contribution < 1.29 is 22.7 Å². The van der Waals surface area contributed by atoms with Crippen LogP contribution < -0.4 is 10.4 Å². The summed E-state index contributed by atoms with van der Waals surface area (Å²) in [4.78, 5) is 17.6. The number of benzene rings is 4. The average molecular weight is 705 g/mol. The van der Waals surface area contributed by atoms with Gasteiger partial charge in [0.15, 0.2) is 0 Å². The molecule has 51 heavy (non-hydrogen) atoms. The van der Waals surface area contributed by atoms with Crippen molar-refractivity contribution in [2.75, 3.05) is 20.3 Å². The van der Waals surface area contributed by atoms with Crippen LogP contribution in [0.3, 0.4) is 0 Å². The van der Waals surface area contributed by atoms with Gasteiger partial charge in [-0.2, -0.15) is 0 Å². The van der Waals surface area contributed by atoms with E-state index < -0.39 is 32.0 Å². The lowest BCUT2D eigenvalue weighted by molar-refractivity contribution is -0.134. The van der Waals surface area contributed by atoms with Gasteiger partial charge in [0.05, 0.1) is 13.2 Å². The second-order valence-electron chi connectivity index (χ2n) is 15.4. The van der Waals surface area contributed by atoms with Crippen LogP contribution in [0.15, 0.2) is 103 Å². The Hall–Kier alpha value is -4.37. The van der Waals surface area contributed by atoms with Gasteiger partial charge in [0.1, 0.15) is 11.6 Å². The highest BCUT2D eigenvalue weighted by Crippen LogP contribution is 2.52.